The summed E-state index contributed by atoms with van der Waals surface area (Å²) in [5.41, 5.74) is 2.71. The smallest absolute Gasteiger partial charge is 0.0371 e. The normalized spacial score (nSPS) is 12.4. The summed E-state index contributed by atoms with van der Waals surface area (Å²) in [7, 11) is 0. The van der Waals surface area contributed by atoms with E-state index < -0.39 is 0 Å². The van der Waals surface area contributed by atoms with Gasteiger partial charge in [0.2, 0.25) is 0 Å². The van der Waals surface area contributed by atoms with E-state index in [9.17, 15) is 0 Å². The van der Waals surface area contributed by atoms with Crippen LogP contribution in [-0.4, -0.2) is 6.54 Å². The third kappa shape index (κ3) is 5.34. The molecule has 1 nitrogen and oxygen atoms in total. The topological polar surface area (TPSA) is 12.0 Å². The first-order valence-corrected chi connectivity index (χ1v) is 9.69. The lowest BCUT2D eigenvalue weighted by atomic mass is 9.99. The molecule has 21 heavy (non-hydrogen) atoms. The van der Waals surface area contributed by atoms with Gasteiger partial charge in [-0.25, -0.2) is 0 Å². The molecule has 0 aliphatic carbocycles. The van der Waals surface area contributed by atoms with E-state index in [4.69, 9.17) is 0 Å². The SMILES string of the molecule is CCCNC(Cc1ccc(Br)cc1)c1cc(Br)ccc1I. The van der Waals surface area contributed by atoms with Crippen molar-refractivity contribution in [2.24, 2.45) is 0 Å². The van der Waals surface area contributed by atoms with Crippen LogP contribution in [-0.2, 0) is 6.42 Å². The molecule has 0 aromatic heterocycles. The van der Waals surface area contributed by atoms with Gasteiger partial charge in [-0.05, 0) is 83.4 Å². The summed E-state index contributed by atoms with van der Waals surface area (Å²) in [5, 5.41) is 3.68. The zero-order valence-corrected chi connectivity index (χ0v) is 17.2. The molecule has 0 heterocycles. The van der Waals surface area contributed by atoms with E-state index in [0.29, 0.717) is 6.04 Å². The number of nitrogens with one attached hydrogen (secondary N) is 1. The minimum atomic E-state index is 0.343. The minimum Gasteiger partial charge on any atom is -0.310 e. The molecule has 1 atom stereocenters. The van der Waals surface area contributed by atoms with Crippen LogP contribution in [0.5, 0.6) is 0 Å². The number of hydrogen-bond donors (Lipinski definition) is 1. The predicted molar refractivity (Wildman–Crippen MR) is 106 cm³/mol. The molecule has 0 amide bonds. The van der Waals surface area contributed by atoms with Gasteiger partial charge in [0.15, 0.2) is 0 Å². The summed E-state index contributed by atoms with van der Waals surface area (Å²) in [6.45, 7) is 3.24. The van der Waals surface area contributed by atoms with Crippen molar-refractivity contribution in [3.63, 3.8) is 0 Å². The van der Waals surface area contributed by atoms with E-state index in [2.05, 4.69) is 109 Å². The van der Waals surface area contributed by atoms with Gasteiger partial charge in [0.25, 0.3) is 0 Å². The first-order valence-electron chi connectivity index (χ1n) is 7.03. The first-order chi connectivity index (χ1) is 10.1. The summed E-state index contributed by atoms with van der Waals surface area (Å²) in [6, 6.07) is 15.4. The molecule has 2 aromatic rings. The molecule has 0 fully saturated rings. The van der Waals surface area contributed by atoms with Gasteiger partial charge in [-0.15, -0.1) is 0 Å². The molecular weight excluding hydrogens is 505 g/mol. The molecule has 0 aliphatic heterocycles. The van der Waals surface area contributed by atoms with Gasteiger partial charge < -0.3 is 5.32 Å². The second kappa shape index (κ2) is 8.65. The molecule has 0 saturated carbocycles. The standard InChI is InChI=1S/C17H18Br2IN/c1-2-9-21-17(10-12-3-5-13(18)6-4-12)15-11-14(19)7-8-16(15)20/h3-8,11,17,21H,2,9-10H2,1H3. The Kier molecular flexibility index (Phi) is 7.19. The molecule has 0 spiro atoms. The Balaban J connectivity index is 2.25. The van der Waals surface area contributed by atoms with Crippen LogP contribution in [0, 0.1) is 3.57 Å². The van der Waals surface area contributed by atoms with E-state index in [1.54, 1.807) is 0 Å². The third-order valence-electron chi connectivity index (χ3n) is 3.33. The zero-order chi connectivity index (χ0) is 15.2. The summed E-state index contributed by atoms with van der Waals surface area (Å²) < 4.78 is 3.57. The lowest BCUT2D eigenvalue weighted by Crippen LogP contribution is -2.25. The zero-order valence-electron chi connectivity index (χ0n) is 11.9. The maximum absolute atomic E-state index is 3.68. The molecule has 2 rings (SSSR count). The largest absolute Gasteiger partial charge is 0.310 e. The number of benzene rings is 2. The second-order valence-electron chi connectivity index (χ2n) is 5.00. The van der Waals surface area contributed by atoms with Crippen molar-refractivity contribution in [3.8, 4) is 0 Å². The van der Waals surface area contributed by atoms with Crippen LogP contribution < -0.4 is 5.32 Å². The fraction of sp³-hybridized carbons (Fsp3) is 0.294. The fourth-order valence-electron chi connectivity index (χ4n) is 2.25. The van der Waals surface area contributed by atoms with Gasteiger partial charge in [0.1, 0.15) is 0 Å². The van der Waals surface area contributed by atoms with Gasteiger partial charge in [-0.2, -0.15) is 0 Å². The average molecular weight is 523 g/mol. The Bertz CT molecular complexity index is 584. The summed E-state index contributed by atoms with van der Waals surface area (Å²) in [5.74, 6) is 0. The van der Waals surface area contributed by atoms with E-state index in [0.717, 1.165) is 28.3 Å². The highest BCUT2D eigenvalue weighted by molar-refractivity contribution is 14.1. The van der Waals surface area contributed by atoms with Gasteiger partial charge in [-0.3, -0.25) is 0 Å². The first kappa shape index (κ1) is 17.4. The molecule has 1 N–H and O–H groups in total. The highest BCUT2D eigenvalue weighted by Crippen LogP contribution is 2.27. The van der Waals surface area contributed by atoms with Crippen LogP contribution in [0.4, 0.5) is 0 Å². The van der Waals surface area contributed by atoms with Crippen molar-refractivity contribution < 1.29 is 0 Å². The van der Waals surface area contributed by atoms with E-state index in [1.807, 2.05) is 0 Å². The van der Waals surface area contributed by atoms with Gasteiger partial charge >= 0.3 is 0 Å². The van der Waals surface area contributed by atoms with Crippen molar-refractivity contribution in [1.82, 2.24) is 5.32 Å². The van der Waals surface area contributed by atoms with Crippen LogP contribution in [0.15, 0.2) is 51.4 Å². The predicted octanol–water partition coefficient (Wildman–Crippen LogP) is 6.10. The Morgan fingerprint density at radius 2 is 1.71 bits per heavy atom. The summed E-state index contributed by atoms with van der Waals surface area (Å²) >= 11 is 9.51. The lowest BCUT2D eigenvalue weighted by Gasteiger charge is -2.21. The molecule has 112 valence electrons. The molecule has 1 unspecified atom stereocenters. The molecule has 0 bridgehead atoms. The van der Waals surface area contributed by atoms with Crippen molar-refractivity contribution in [1.29, 1.82) is 0 Å². The van der Waals surface area contributed by atoms with Crippen LogP contribution in [0.2, 0.25) is 0 Å². The van der Waals surface area contributed by atoms with Gasteiger partial charge in [0.05, 0.1) is 0 Å². The summed E-state index contributed by atoms with van der Waals surface area (Å²) in [4.78, 5) is 0. The number of halogens is 3. The van der Waals surface area contributed by atoms with E-state index >= 15 is 0 Å². The van der Waals surface area contributed by atoms with Crippen molar-refractivity contribution in [2.75, 3.05) is 6.54 Å². The Labute approximate surface area is 157 Å². The van der Waals surface area contributed by atoms with Crippen LogP contribution in [0.3, 0.4) is 0 Å². The third-order valence-corrected chi connectivity index (χ3v) is 5.33. The Morgan fingerprint density at radius 1 is 1.05 bits per heavy atom. The Morgan fingerprint density at radius 3 is 2.38 bits per heavy atom. The highest BCUT2D eigenvalue weighted by Gasteiger charge is 2.15. The van der Waals surface area contributed by atoms with Crippen LogP contribution in [0.1, 0.15) is 30.5 Å². The van der Waals surface area contributed by atoms with Gasteiger partial charge in [-0.1, -0.05) is 50.9 Å². The van der Waals surface area contributed by atoms with Crippen LogP contribution in [0.25, 0.3) is 0 Å². The molecule has 0 radical (unpaired) electrons. The van der Waals surface area contributed by atoms with Crippen molar-refractivity contribution in [2.45, 2.75) is 25.8 Å². The fourth-order valence-corrected chi connectivity index (χ4v) is 3.60. The highest BCUT2D eigenvalue weighted by atomic mass is 127. The van der Waals surface area contributed by atoms with E-state index in [1.165, 1.54) is 14.7 Å². The summed E-state index contributed by atoms with van der Waals surface area (Å²) in [6.07, 6.45) is 2.14. The quantitative estimate of drug-likeness (QED) is 0.452. The van der Waals surface area contributed by atoms with Crippen molar-refractivity contribution >= 4 is 54.5 Å². The number of hydrogen-bond acceptors (Lipinski definition) is 1. The molecule has 0 saturated heterocycles. The monoisotopic (exact) mass is 521 g/mol. The Hall–Kier alpha value is 0.0900. The maximum Gasteiger partial charge on any atom is 0.0371 e. The van der Waals surface area contributed by atoms with Gasteiger partial charge in [0, 0.05) is 18.6 Å². The lowest BCUT2D eigenvalue weighted by molar-refractivity contribution is 0.527. The van der Waals surface area contributed by atoms with E-state index in [-0.39, 0.29) is 0 Å². The molecular formula is C17H18Br2IN. The van der Waals surface area contributed by atoms with Crippen molar-refractivity contribution in [3.05, 3.63) is 66.1 Å². The van der Waals surface area contributed by atoms with Crippen LogP contribution >= 0.6 is 54.5 Å². The molecule has 2 aromatic carbocycles. The maximum atomic E-state index is 3.68. The second-order valence-corrected chi connectivity index (χ2v) is 8.00. The average Bonchev–Trinajstić information content (AvgIpc) is 2.48. The number of rotatable bonds is 6. The molecule has 0 aliphatic rings. The minimum absolute atomic E-state index is 0.343. The molecule has 4 heteroatoms.